The highest BCUT2D eigenvalue weighted by atomic mass is 16.5. The number of ether oxygens (including phenoxy) is 1. The number of nitrogens with zero attached hydrogens (tertiary/aromatic N) is 3. The lowest BCUT2D eigenvalue weighted by atomic mass is 9.84. The molecule has 4 rings (SSSR count). The molecule has 1 aliphatic heterocycles. The van der Waals surface area contributed by atoms with Gasteiger partial charge in [-0.2, -0.15) is 10.4 Å². The number of aromatic carboxylic acids is 1. The first kappa shape index (κ1) is 17.4. The van der Waals surface area contributed by atoms with Crippen LogP contribution in [0.3, 0.4) is 0 Å². The maximum atomic E-state index is 11.1. The molecule has 7 nitrogen and oxygen atoms in total. The van der Waals surface area contributed by atoms with Crippen molar-refractivity contribution in [1.82, 2.24) is 9.78 Å². The molecule has 1 atom stereocenters. The van der Waals surface area contributed by atoms with Crippen LogP contribution in [-0.4, -0.2) is 20.9 Å². The summed E-state index contributed by atoms with van der Waals surface area (Å²) in [6, 6.07) is 18.0. The number of carboxylic acid groups (broad SMARTS) is 1. The summed E-state index contributed by atoms with van der Waals surface area (Å²) in [4.78, 5) is 11.1. The zero-order chi connectivity index (χ0) is 19.8. The van der Waals surface area contributed by atoms with Crippen molar-refractivity contribution >= 4 is 5.97 Å². The SMILES string of the molecule is Cc1nn(-c2ccc(C(=O)O)cc2)c2c1C(c1ccccc1)C(C#N)=C(N)O2. The summed E-state index contributed by atoms with van der Waals surface area (Å²) in [5.74, 6) is -0.934. The zero-order valence-corrected chi connectivity index (χ0v) is 15.0. The van der Waals surface area contributed by atoms with Gasteiger partial charge < -0.3 is 15.6 Å². The number of carboxylic acids is 1. The van der Waals surface area contributed by atoms with Crippen molar-refractivity contribution in [2.75, 3.05) is 0 Å². The van der Waals surface area contributed by atoms with Crippen LogP contribution in [0, 0.1) is 18.3 Å². The van der Waals surface area contributed by atoms with Crippen LogP contribution < -0.4 is 10.5 Å². The number of benzene rings is 2. The van der Waals surface area contributed by atoms with Crippen LogP contribution in [-0.2, 0) is 0 Å². The van der Waals surface area contributed by atoms with Crippen molar-refractivity contribution in [3.63, 3.8) is 0 Å². The summed E-state index contributed by atoms with van der Waals surface area (Å²) >= 11 is 0. The lowest BCUT2D eigenvalue weighted by Crippen LogP contribution is -2.22. The Balaban J connectivity index is 1.90. The Morgan fingerprint density at radius 2 is 1.89 bits per heavy atom. The maximum absolute atomic E-state index is 11.1. The molecule has 2 heterocycles. The normalized spacial score (nSPS) is 15.5. The largest absolute Gasteiger partial charge is 0.478 e. The van der Waals surface area contributed by atoms with Crippen molar-refractivity contribution in [2.45, 2.75) is 12.8 Å². The second-order valence-electron chi connectivity index (χ2n) is 6.40. The van der Waals surface area contributed by atoms with Gasteiger partial charge >= 0.3 is 5.97 Å². The topological polar surface area (TPSA) is 114 Å². The minimum absolute atomic E-state index is 0.0344. The summed E-state index contributed by atoms with van der Waals surface area (Å²) in [5.41, 5.74) is 9.59. The summed E-state index contributed by atoms with van der Waals surface area (Å²) in [6.07, 6.45) is 0. The van der Waals surface area contributed by atoms with Gasteiger partial charge in [0, 0.05) is 0 Å². The Morgan fingerprint density at radius 1 is 1.21 bits per heavy atom. The van der Waals surface area contributed by atoms with Gasteiger partial charge in [-0.05, 0) is 36.8 Å². The van der Waals surface area contributed by atoms with Crippen LogP contribution in [0.1, 0.15) is 33.1 Å². The van der Waals surface area contributed by atoms with Crippen LogP contribution in [0.15, 0.2) is 66.1 Å². The van der Waals surface area contributed by atoms with Crippen LogP contribution in [0.5, 0.6) is 5.88 Å². The molecule has 3 N–H and O–H groups in total. The molecule has 3 aromatic rings. The standard InChI is InChI=1S/C21H16N4O3/c1-12-17-18(13-5-3-2-4-6-13)16(11-22)19(23)28-20(17)25(24-12)15-9-7-14(8-10-15)21(26)27/h2-10,18H,23H2,1H3,(H,26,27). The number of aromatic nitrogens is 2. The van der Waals surface area contributed by atoms with E-state index < -0.39 is 5.97 Å². The van der Waals surface area contributed by atoms with Crippen molar-refractivity contribution in [2.24, 2.45) is 5.73 Å². The molecule has 1 aromatic heterocycles. The number of hydrogen-bond donors (Lipinski definition) is 2. The monoisotopic (exact) mass is 372 g/mol. The minimum atomic E-state index is -1.00. The van der Waals surface area contributed by atoms with Gasteiger partial charge in [0.25, 0.3) is 0 Å². The van der Waals surface area contributed by atoms with Crippen molar-refractivity contribution in [3.8, 4) is 17.6 Å². The Kier molecular flexibility index (Phi) is 4.09. The Hall–Kier alpha value is -4.05. The molecule has 0 saturated heterocycles. The first-order chi connectivity index (χ1) is 13.5. The highest BCUT2D eigenvalue weighted by Crippen LogP contribution is 2.44. The predicted octanol–water partition coefficient (Wildman–Crippen LogP) is 3.10. The molecule has 0 fully saturated rings. The van der Waals surface area contributed by atoms with E-state index in [1.807, 2.05) is 37.3 Å². The summed E-state index contributed by atoms with van der Waals surface area (Å²) in [7, 11) is 0. The van der Waals surface area contributed by atoms with E-state index in [0.29, 0.717) is 22.8 Å². The molecule has 1 unspecified atom stereocenters. The second kappa shape index (κ2) is 6.59. The van der Waals surface area contributed by atoms with E-state index in [2.05, 4.69) is 11.2 Å². The van der Waals surface area contributed by atoms with E-state index >= 15 is 0 Å². The van der Waals surface area contributed by atoms with Gasteiger partial charge in [0.2, 0.25) is 11.8 Å². The first-order valence-corrected chi connectivity index (χ1v) is 8.57. The first-order valence-electron chi connectivity index (χ1n) is 8.57. The Morgan fingerprint density at radius 3 is 2.50 bits per heavy atom. The molecular weight excluding hydrogens is 356 g/mol. The lowest BCUT2D eigenvalue weighted by molar-refractivity contribution is 0.0697. The van der Waals surface area contributed by atoms with E-state index in [-0.39, 0.29) is 17.4 Å². The third-order valence-electron chi connectivity index (χ3n) is 4.72. The Bertz CT molecular complexity index is 1140. The third kappa shape index (κ3) is 2.68. The molecule has 0 spiro atoms. The molecule has 1 aliphatic rings. The highest BCUT2D eigenvalue weighted by Gasteiger charge is 2.35. The van der Waals surface area contributed by atoms with Gasteiger partial charge in [-0.1, -0.05) is 30.3 Å². The minimum Gasteiger partial charge on any atom is -0.478 e. The molecule has 0 radical (unpaired) electrons. The second-order valence-corrected chi connectivity index (χ2v) is 6.40. The number of fused-ring (bicyclic) bond motifs is 1. The fourth-order valence-corrected chi connectivity index (χ4v) is 3.41. The van der Waals surface area contributed by atoms with Crippen molar-refractivity contribution in [1.29, 1.82) is 5.26 Å². The van der Waals surface area contributed by atoms with E-state index in [1.165, 1.54) is 12.1 Å². The number of allylic oxidation sites excluding steroid dienone is 1. The fraction of sp³-hybridized carbons (Fsp3) is 0.0952. The predicted molar refractivity (Wildman–Crippen MR) is 101 cm³/mol. The number of aryl methyl sites for hydroxylation is 1. The number of nitriles is 1. The third-order valence-corrected chi connectivity index (χ3v) is 4.72. The molecule has 0 saturated carbocycles. The fourth-order valence-electron chi connectivity index (χ4n) is 3.41. The van der Waals surface area contributed by atoms with Crippen molar-refractivity contribution in [3.05, 3.63) is 88.4 Å². The van der Waals surface area contributed by atoms with Gasteiger partial charge in [-0.25, -0.2) is 9.48 Å². The van der Waals surface area contributed by atoms with Gasteiger partial charge in [0.1, 0.15) is 11.6 Å². The van der Waals surface area contributed by atoms with E-state index in [4.69, 9.17) is 15.6 Å². The molecule has 2 aromatic carbocycles. The van der Waals surface area contributed by atoms with Crippen LogP contribution in [0.25, 0.3) is 5.69 Å². The molecule has 7 heteroatoms. The molecule has 138 valence electrons. The van der Waals surface area contributed by atoms with Gasteiger partial charge in [0.15, 0.2) is 0 Å². The maximum Gasteiger partial charge on any atom is 0.335 e. The quantitative estimate of drug-likeness (QED) is 0.730. The summed E-state index contributed by atoms with van der Waals surface area (Å²) in [5, 5.41) is 23.3. The van der Waals surface area contributed by atoms with Crippen LogP contribution in [0.4, 0.5) is 0 Å². The molecule has 0 aliphatic carbocycles. The average Bonchev–Trinajstić information content (AvgIpc) is 3.03. The van der Waals surface area contributed by atoms with E-state index in [0.717, 1.165) is 11.1 Å². The van der Waals surface area contributed by atoms with Gasteiger partial charge in [-0.15, -0.1) is 0 Å². The Labute approximate surface area is 160 Å². The number of rotatable bonds is 3. The number of nitrogens with two attached hydrogens (primary N) is 1. The smallest absolute Gasteiger partial charge is 0.335 e. The molecular formula is C21H16N4O3. The number of hydrogen-bond acceptors (Lipinski definition) is 5. The van der Waals surface area contributed by atoms with Gasteiger partial charge in [-0.3, -0.25) is 0 Å². The molecule has 0 amide bonds. The van der Waals surface area contributed by atoms with E-state index in [9.17, 15) is 10.1 Å². The zero-order valence-electron chi connectivity index (χ0n) is 15.0. The average molecular weight is 372 g/mol. The van der Waals surface area contributed by atoms with Crippen LogP contribution in [0.2, 0.25) is 0 Å². The van der Waals surface area contributed by atoms with Gasteiger partial charge in [0.05, 0.1) is 28.4 Å². The lowest BCUT2D eigenvalue weighted by Gasteiger charge is -2.24. The molecule has 0 bridgehead atoms. The van der Waals surface area contributed by atoms with E-state index in [1.54, 1.807) is 16.8 Å². The summed E-state index contributed by atoms with van der Waals surface area (Å²) in [6.45, 7) is 1.84. The highest BCUT2D eigenvalue weighted by molar-refractivity contribution is 5.87. The van der Waals surface area contributed by atoms with Crippen molar-refractivity contribution < 1.29 is 14.6 Å². The summed E-state index contributed by atoms with van der Waals surface area (Å²) < 4.78 is 7.37. The molecule has 28 heavy (non-hydrogen) atoms. The van der Waals surface area contributed by atoms with Crippen LogP contribution >= 0.6 is 0 Å². The number of carbonyl (C=O) groups is 1.